The second kappa shape index (κ2) is 8.37. The van der Waals surface area contributed by atoms with Crippen molar-refractivity contribution in [3.8, 4) is 0 Å². The minimum Gasteiger partial charge on any atom is -0.466 e. The summed E-state index contributed by atoms with van der Waals surface area (Å²) >= 11 is 5.97. The summed E-state index contributed by atoms with van der Waals surface area (Å²) in [5.41, 5.74) is 2.15. The van der Waals surface area contributed by atoms with Gasteiger partial charge < -0.3 is 14.4 Å². The number of hydrogen-bond donors (Lipinski definition) is 0. The van der Waals surface area contributed by atoms with Gasteiger partial charge in [-0.25, -0.2) is 4.79 Å². The van der Waals surface area contributed by atoms with Crippen LogP contribution in [0.2, 0.25) is 5.02 Å². The Bertz CT molecular complexity index is 848. The van der Waals surface area contributed by atoms with Gasteiger partial charge >= 0.3 is 5.97 Å². The van der Waals surface area contributed by atoms with E-state index in [0.29, 0.717) is 10.6 Å². The van der Waals surface area contributed by atoms with Crippen LogP contribution in [0.1, 0.15) is 17.2 Å². The zero-order chi connectivity index (χ0) is 19.4. The number of benzene rings is 2. The third kappa shape index (κ3) is 4.04. The molecule has 0 radical (unpaired) electrons. The molecule has 27 heavy (non-hydrogen) atoms. The molecule has 2 aromatic rings. The topological polar surface area (TPSA) is 55.8 Å². The van der Waals surface area contributed by atoms with Crippen molar-refractivity contribution < 1.29 is 19.1 Å². The number of nitrogens with zero attached hydrogens (tertiary/aromatic N) is 1. The molecular weight excluding hydrogens is 366 g/mol. The Morgan fingerprint density at radius 3 is 2.37 bits per heavy atom. The van der Waals surface area contributed by atoms with Crippen molar-refractivity contribution in [2.24, 2.45) is 0 Å². The van der Waals surface area contributed by atoms with Crippen molar-refractivity contribution in [1.82, 2.24) is 4.90 Å². The van der Waals surface area contributed by atoms with Gasteiger partial charge in [0, 0.05) is 12.1 Å². The SMILES string of the molecule is COC(=O)/C(=C/c1ccccc1)CN1C(=O)[C@@H](OC)[C@H]1c1ccc(Cl)cc1. The first-order valence-electron chi connectivity index (χ1n) is 8.48. The van der Waals surface area contributed by atoms with Crippen LogP contribution < -0.4 is 0 Å². The van der Waals surface area contributed by atoms with E-state index in [1.165, 1.54) is 14.2 Å². The van der Waals surface area contributed by atoms with Crippen LogP contribution >= 0.6 is 11.6 Å². The molecule has 0 bridgehead atoms. The van der Waals surface area contributed by atoms with Gasteiger partial charge in [0.15, 0.2) is 6.10 Å². The molecule has 2 aromatic carbocycles. The van der Waals surface area contributed by atoms with Crippen molar-refractivity contribution in [2.75, 3.05) is 20.8 Å². The Morgan fingerprint density at radius 2 is 1.78 bits per heavy atom. The first-order valence-corrected chi connectivity index (χ1v) is 8.85. The summed E-state index contributed by atoms with van der Waals surface area (Å²) < 4.78 is 10.3. The number of likely N-dealkylation sites (tertiary alicyclic amines) is 1. The van der Waals surface area contributed by atoms with Crippen LogP contribution in [-0.2, 0) is 19.1 Å². The fourth-order valence-corrected chi connectivity index (χ4v) is 3.30. The van der Waals surface area contributed by atoms with Gasteiger partial charge in [0.05, 0.1) is 25.3 Å². The highest BCUT2D eigenvalue weighted by Crippen LogP contribution is 2.37. The van der Waals surface area contributed by atoms with Crippen LogP contribution in [0.4, 0.5) is 0 Å². The number of carbonyl (C=O) groups is 2. The lowest BCUT2D eigenvalue weighted by Crippen LogP contribution is -2.60. The van der Waals surface area contributed by atoms with E-state index in [1.54, 1.807) is 23.1 Å². The van der Waals surface area contributed by atoms with Gasteiger partial charge in [0.1, 0.15) is 0 Å². The third-order valence-electron chi connectivity index (χ3n) is 4.54. The fraction of sp³-hybridized carbons (Fsp3) is 0.238. The first kappa shape index (κ1) is 19.1. The Balaban J connectivity index is 1.89. The smallest absolute Gasteiger partial charge is 0.335 e. The summed E-state index contributed by atoms with van der Waals surface area (Å²) in [7, 11) is 2.83. The van der Waals surface area contributed by atoms with Crippen molar-refractivity contribution in [2.45, 2.75) is 12.1 Å². The molecule has 0 aliphatic carbocycles. The predicted molar refractivity (Wildman–Crippen MR) is 103 cm³/mol. The number of amides is 1. The number of esters is 1. The number of β-lactam (4-membered cyclic amide) rings is 1. The maximum absolute atomic E-state index is 12.5. The number of carbonyl (C=O) groups excluding carboxylic acids is 2. The summed E-state index contributed by atoms with van der Waals surface area (Å²) in [5, 5.41) is 0.615. The Kier molecular flexibility index (Phi) is 5.94. The molecule has 1 aliphatic heterocycles. The van der Waals surface area contributed by atoms with E-state index in [9.17, 15) is 9.59 Å². The number of halogens is 1. The molecule has 0 saturated carbocycles. The normalized spacial score (nSPS) is 19.6. The van der Waals surface area contributed by atoms with Crippen molar-refractivity contribution in [1.29, 1.82) is 0 Å². The fourth-order valence-electron chi connectivity index (χ4n) is 3.17. The largest absolute Gasteiger partial charge is 0.466 e. The molecule has 0 N–H and O–H groups in total. The van der Waals surface area contributed by atoms with Gasteiger partial charge in [-0.1, -0.05) is 54.1 Å². The lowest BCUT2D eigenvalue weighted by molar-refractivity contribution is -0.170. The van der Waals surface area contributed by atoms with Gasteiger partial charge in [-0.3, -0.25) is 4.79 Å². The van der Waals surface area contributed by atoms with Crippen LogP contribution in [0.15, 0.2) is 60.2 Å². The maximum Gasteiger partial charge on any atom is 0.335 e. The highest BCUT2D eigenvalue weighted by molar-refractivity contribution is 6.30. The molecule has 1 fully saturated rings. The Labute approximate surface area is 163 Å². The zero-order valence-corrected chi connectivity index (χ0v) is 15.8. The van der Waals surface area contributed by atoms with Crippen LogP contribution in [-0.4, -0.2) is 43.6 Å². The quantitative estimate of drug-likeness (QED) is 0.434. The predicted octanol–water partition coefficient (Wildman–Crippen LogP) is 3.49. The minimum absolute atomic E-state index is 0.132. The van der Waals surface area contributed by atoms with Gasteiger partial charge in [-0.15, -0.1) is 0 Å². The summed E-state index contributed by atoms with van der Waals surface area (Å²) in [6, 6.07) is 16.4. The molecule has 3 rings (SSSR count). The maximum atomic E-state index is 12.5. The van der Waals surface area contributed by atoms with E-state index in [2.05, 4.69) is 0 Å². The summed E-state index contributed by atoms with van der Waals surface area (Å²) in [5.74, 6) is -0.636. The summed E-state index contributed by atoms with van der Waals surface area (Å²) in [6.07, 6.45) is 1.15. The Hall–Kier alpha value is -2.63. The van der Waals surface area contributed by atoms with Crippen LogP contribution in [0, 0.1) is 0 Å². The monoisotopic (exact) mass is 385 g/mol. The third-order valence-corrected chi connectivity index (χ3v) is 4.80. The molecule has 1 saturated heterocycles. The van der Waals surface area contributed by atoms with Crippen molar-refractivity contribution >= 4 is 29.6 Å². The average Bonchev–Trinajstić information content (AvgIpc) is 2.70. The molecule has 6 heteroatoms. The van der Waals surface area contributed by atoms with E-state index in [1.807, 2.05) is 42.5 Å². The van der Waals surface area contributed by atoms with Gasteiger partial charge in [0.25, 0.3) is 5.91 Å². The van der Waals surface area contributed by atoms with E-state index < -0.39 is 12.1 Å². The first-order chi connectivity index (χ1) is 13.0. The molecule has 5 nitrogen and oxygen atoms in total. The number of hydrogen-bond acceptors (Lipinski definition) is 4. The molecular formula is C21H20ClNO4. The Morgan fingerprint density at radius 1 is 1.11 bits per heavy atom. The number of ether oxygens (including phenoxy) is 2. The molecule has 1 heterocycles. The lowest BCUT2D eigenvalue weighted by atomic mass is 9.89. The molecule has 1 aliphatic rings. The summed E-state index contributed by atoms with van der Waals surface area (Å²) in [6.45, 7) is 0.132. The van der Waals surface area contributed by atoms with Crippen LogP contribution in [0.5, 0.6) is 0 Å². The standard InChI is InChI=1S/C21H20ClNO4/c1-26-19-18(15-8-10-17(22)11-9-15)23(20(19)24)13-16(21(25)27-2)12-14-6-4-3-5-7-14/h3-12,18-19H,13H2,1-2H3/b16-12+/t18-,19+/m1/s1. The second-order valence-corrected chi connectivity index (χ2v) is 6.63. The highest BCUT2D eigenvalue weighted by atomic mass is 35.5. The van der Waals surface area contributed by atoms with Crippen molar-refractivity contribution in [3.63, 3.8) is 0 Å². The lowest BCUT2D eigenvalue weighted by Gasteiger charge is -2.46. The molecule has 140 valence electrons. The zero-order valence-electron chi connectivity index (χ0n) is 15.1. The number of methoxy groups -OCH3 is 2. The highest BCUT2D eigenvalue weighted by Gasteiger charge is 2.49. The van der Waals surface area contributed by atoms with Crippen LogP contribution in [0.25, 0.3) is 6.08 Å². The van der Waals surface area contributed by atoms with Gasteiger partial charge in [-0.05, 0) is 29.3 Å². The summed E-state index contributed by atoms with van der Waals surface area (Å²) in [4.78, 5) is 26.4. The van der Waals surface area contributed by atoms with Gasteiger partial charge in [-0.2, -0.15) is 0 Å². The second-order valence-electron chi connectivity index (χ2n) is 6.19. The van der Waals surface area contributed by atoms with E-state index >= 15 is 0 Å². The minimum atomic E-state index is -0.582. The van der Waals surface area contributed by atoms with Crippen LogP contribution in [0.3, 0.4) is 0 Å². The van der Waals surface area contributed by atoms with E-state index in [-0.39, 0.29) is 18.5 Å². The molecule has 0 spiro atoms. The average molecular weight is 386 g/mol. The van der Waals surface area contributed by atoms with Crippen molar-refractivity contribution in [3.05, 3.63) is 76.3 Å². The molecule has 0 aromatic heterocycles. The molecule has 2 atom stereocenters. The molecule has 0 unspecified atom stereocenters. The van der Waals surface area contributed by atoms with Gasteiger partial charge in [0.2, 0.25) is 0 Å². The van der Waals surface area contributed by atoms with E-state index in [4.69, 9.17) is 21.1 Å². The van der Waals surface area contributed by atoms with E-state index in [0.717, 1.165) is 11.1 Å². The number of rotatable bonds is 6. The molecule has 1 amide bonds.